The molecule has 1 amide bonds. The summed E-state index contributed by atoms with van der Waals surface area (Å²) < 4.78 is 7.29. The van der Waals surface area contributed by atoms with Gasteiger partial charge in [-0.2, -0.15) is 5.10 Å². The third-order valence-corrected chi connectivity index (χ3v) is 3.94. The molecule has 6 heteroatoms. The number of benzene rings is 1. The van der Waals surface area contributed by atoms with Crippen LogP contribution in [0.2, 0.25) is 5.02 Å². The van der Waals surface area contributed by atoms with Crippen LogP contribution in [0.3, 0.4) is 0 Å². The molecule has 1 unspecified atom stereocenters. The number of nitrogens with one attached hydrogen (secondary N) is 1. The van der Waals surface area contributed by atoms with E-state index in [4.69, 9.17) is 16.3 Å². The zero-order chi connectivity index (χ0) is 14.7. The number of carbonyl (C=O) groups is 1. The van der Waals surface area contributed by atoms with Gasteiger partial charge in [0.15, 0.2) is 0 Å². The number of fused-ring (bicyclic) bond motifs is 1. The summed E-state index contributed by atoms with van der Waals surface area (Å²) in [7, 11) is 0. The fraction of sp³-hybridized carbons (Fsp3) is 0.467. The summed E-state index contributed by atoms with van der Waals surface area (Å²) >= 11 is 6.00. The van der Waals surface area contributed by atoms with Crippen LogP contribution in [-0.4, -0.2) is 34.9 Å². The van der Waals surface area contributed by atoms with Crippen molar-refractivity contribution >= 4 is 28.4 Å². The third kappa shape index (κ3) is 3.54. The fourth-order valence-electron chi connectivity index (χ4n) is 2.55. The molecule has 0 spiro atoms. The first-order valence-corrected chi connectivity index (χ1v) is 7.59. The van der Waals surface area contributed by atoms with Gasteiger partial charge >= 0.3 is 0 Å². The van der Waals surface area contributed by atoms with Crippen LogP contribution < -0.4 is 5.32 Å². The zero-order valence-electron chi connectivity index (χ0n) is 11.7. The van der Waals surface area contributed by atoms with Crippen molar-refractivity contribution in [3.05, 3.63) is 29.4 Å². The zero-order valence-corrected chi connectivity index (χ0v) is 12.5. The van der Waals surface area contributed by atoms with E-state index in [0.717, 1.165) is 30.4 Å². The number of amides is 1. The van der Waals surface area contributed by atoms with Gasteiger partial charge in [-0.05, 0) is 31.0 Å². The Hall–Kier alpha value is -1.59. The summed E-state index contributed by atoms with van der Waals surface area (Å²) in [5.74, 6) is 0.0242. The van der Waals surface area contributed by atoms with Crippen LogP contribution in [0.5, 0.6) is 0 Å². The lowest BCUT2D eigenvalue weighted by Crippen LogP contribution is -2.32. The second-order valence-corrected chi connectivity index (χ2v) is 5.70. The maximum atomic E-state index is 11.9. The molecular formula is C15H18ClN3O2. The van der Waals surface area contributed by atoms with Crippen LogP contribution in [0, 0.1) is 0 Å². The van der Waals surface area contributed by atoms with Crippen molar-refractivity contribution in [3.63, 3.8) is 0 Å². The van der Waals surface area contributed by atoms with Gasteiger partial charge in [0, 0.05) is 30.0 Å². The summed E-state index contributed by atoms with van der Waals surface area (Å²) in [6, 6.07) is 5.64. The second-order valence-electron chi connectivity index (χ2n) is 5.26. The number of halogens is 1. The Morgan fingerprint density at radius 3 is 3.24 bits per heavy atom. The smallest absolute Gasteiger partial charge is 0.221 e. The van der Waals surface area contributed by atoms with Crippen LogP contribution in [0.25, 0.3) is 10.9 Å². The van der Waals surface area contributed by atoms with Gasteiger partial charge < -0.3 is 10.1 Å². The summed E-state index contributed by atoms with van der Waals surface area (Å²) in [5.41, 5.74) is 0.953. The lowest BCUT2D eigenvalue weighted by molar-refractivity contribution is -0.121. The van der Waals surface area contributed by atoms with Crippen molar-refractivity contribution in [2.75, 3.05) is 13.2 Å². The standard InChI is InChI=1S/C15H18ClN3O2/c16-12-4-3-11-9-18-19(14(11)8-12)6-5-15(20)17-10-13-2-1-7-21-13/h3-4,8-9,13H,1-2,5-7,10H2,(H,17,20). The topological polar surface area (TPSA) is 56.2 Å². The van der Waals surface area contributed by atoms with Crippen LogP contribution >= 0.6 is 11.6 Å². The lowest BCUT2D eigenvalue weighted by atomic mass is 10.2. The van der Waals surface area contributed by atoms with Crippen LogP contribution in [0.1, 0.15) is 19.3 Å². The minimum absolute atomic E-state index is 0.0242. The van der Waals surface area contributed by atoms with Gasteiger partial charge in [-0.1, -0.05) is 11.6 Å². The Labute approximate surface area is 128 Å². The Morgan fingerprint density at radius 2 is 2.43 bits per heavy atom. The van der Waals surface area contributed by atoms with Crippen LogP contribution in [-0.2, 0) is 16.1 Å². The van der Waals surface area contributed by atoms with E-state index in [1.807, 2.05) is 22.9 Å². The Balaban J connectivity index is 1.53. The van der Waals surface area contributed by atoms with Crippen molar-refractivity contribution in [3.8, 4) is 0 Å². The van der Waals surface area contributed by atoms with Gasteiger partial charge in [0.05, 0.1) is 24.4 Å². The fourth-order valence-corrected chi connectivity index (χ4v) is 2.72. The third-order valence-electron chi connectivity index (χ3n) is 3.71. The highest BCUT2D eigenvalue weighted by atomic mass is 35.5. The largest absolute Gasteiger partial charge is 0.376 e. The molecule has 1 atom stereocenters. The number of nitrogens with zero attached hydrogens (tertiary/aromatic N) is 2. The minimum Gasteiger partial charge on any atom is -0.376 e. The molecule has 0 aliphatic carbocycles. The molecular weight excluding hydrogens is 290 g/mol. The molecule has 5 nitrogen and oxygen atoms in total. The molecule has 0 bridgehead atoms. The lowest BCUT2D eigenvalue weighted by Gasteiger charge is -2.11. The highest BCUT2D eigenvalue weighted by Crippen LogP contribution is 2.19. The first-order valence-electron chi connectivity index (χ1n) is 7.22. The normalized spacial score (nSPS) is 18.2. The van der Waals surface area contributed by atoms with Crippen molar-refractivity contribution in [1.29, 1.82) is 0 Å². The predicted octanol–water partition coefficient (Wildman–Crippen LogP) is 2.38. The predicted molar refractivity (Wildman–Crippen MR) is 81.3 cm³/mol. The highest BCUT2D eigenvalue weighted by molar-refractivity contribution is 6.31. The molecule has 21 heavy (non-hydrogen) atoms. The van der Waals surface area contributed by atoms with E-state index in [0.29, 0.717) is 24.5 Å². The molecule has 1 aliphatic heterocycles. The van der Waals surface area contributed by atoms with E-state index in [2.05, 4.69) is 10.4 Å². The number of aryl methyl sites for hydroxylation is 1. The van der Waals surface area contributed by atoms with E-state index >= 15 is 0 Å². The number of hydrogen-bond donors (Lipinski definition) is 1. The van der Waals surface area contributed by atoms with E-state index < -0.39 is 0 Å². The number of carbonyl (C=O) groups excluding carboxylic acids is 1. The summed E-state index contributed by atoms with van der Waals surface area (Å²) in [4.78, 5) is 11.9. The molecule has 2 aromatic rings. The van der Waals surface area contributed by atoms with Gasteiger partial charge in [0.2, 0.25) is 5.91 Å². The molecule has 1 aliphatic rings. The summed E-state index contributed by atoms with van der Waals surface area (Å²) in [6.07, 6.45) is 4.48. The van der Waals surface area contributed by atoms with Gasteiger partial charge in [0.25, 0.3) is 0 Å². The molecule has 112 valence electrons. The number of rotatable bonds is 5. The second kappa shape index (κ2) is 6.45. The minimum atomic E-state index is 0.0242. The first-order chi connectivity index (χ1) is 10.2. The van der Waals surface area contributed by atoms with E-state index in [1.165, 1.54) is 0 Å². The maximum Gasteiger partial charge on any atom is 0.221 e. The van der Waals surface area contributed by atoms with E-state index in [1.54, 1.807) is 6.20 Å². The molecule has 1 aromatic carbocycles. The van der Waals surface area contributed by atoms with Crippen molar-refractivity contribution in [1.82, 2.24) is 15.1 Å². The van der Waals surface area contributed by atoms with Gasteiger partial charge in [-0.25, -0.2) is 0 Å². The summed E-state index contributed by atoms with van der Waals surface area (Å²) in [6.45, 7) is 1.95. The molecule has 1 aromatic heterocycles. The first kappa shape index (κ1) is 14.4. The molecule has 0 radical (unpaired) electrons. The molecule has 1 fully saturated rings. The molecule has 0 saturated carbocycles. The Morgan fingerprint density at radius 1 is 1.52 bits per heavy atom. The molecule has 1 N–H and O–H groups in total. The average molecular weight is 308 g/mol. The average Bonchev–Trinajstić information content (AvgIpc) is 3.12. The van der Waals surface area contributed by atoms with Crippen molar-refractivity contribution in [2.45, 2.75) is 31.9 Å². The monoisotopic (exact) mass is 307 g/mol. The van der Waals surface area contributed by atoms with Gasteiger partial charge in [-0.3, -0.25) is 9.48 Å². The van der Waals surface area contributed by atoms with Crippen molar-refractivity contribution in [2.24, 2.45) is 0 Å². The van der Waals surface area contributed by atoms with E-state index in [-0.39, 0.29) is 12.0 Å². The quantitative estimate of drug-likeness (QED) is 0.922. The number of hydrogen-bond acceptors (Lipinski definition) is 3. The molecule has 2 heterocycles. The SMILES string of the molecule is O=C(CCn1ncc2ccc(Cl)cc21)NCC1CCCO1. The van der Waals surface area contributed by atoms with E-state index in [9.17, 15) is 4.79 Å². The summed E-state index contributed by atoms with van der Waals surface area (Å²) in [5, 5.41) is 8.91. The number of ether oxygens (including phenoxy) is 1. The Bertz CT molecular complexity index is 635. The van der Waals surface area contributed by atoms with Crippen LogP contribution in [0.4, 0.5) is 0 Å². The van der Waals surface area contributed by atoms with Crippen molar-refractivity contribution < 1.29 is 9.53 Å². The van der Waals surface area contributed by atoms with Gasteiger partial charge in [-0.15, -0.1) is 0 Å². The maximum absolute atomic E-state index is 11.9. The Kier molecular flexibility index (Phi) is 4.41. The highest BCUT2D eigenvalue weighted by Gasteiger charge is 2.16. The molecule has 1 saturated heterocycles. The van der Waals surface area contributed by atoms with Gasteiger partial charge in [0.1, 0.15) is 0 Å². The number of aromatic nitrogens is 2. The molecule has 3 rings (SSSR count). The van der Waals surface area contributed by atoms with Crippen LogP contribution in [0.15, 0.2) is 24.4 Å².